The lowest BCUT2D eigenvalue weighted by atomic mass is 10.0. The quantitative estimate of drug-likeness (QED) is 0.787. The number of hydrogen-bond acceptors (Lipinski definition) is 5. The smallest absolute Gasteiger partial charge is 0.317 e. The van der Waals surface area contributed by atoms with Crippen LogP contribution in [0.3, 0.4) is 0 Å². The molecule has 1 aromatic rings. The summed E-state index contributed by atoms with van der Waals surface area (Å²) in [7, 11) is 0. The fourth-order valence-electron chi connectivity index (χ4n) is 3.88. The van der Waals surface area contributed by atoms with E-state index in [4.69, 9.17) is 15.7 Å². The predicted octanol–water partition coefficient (Wildman–Crippen LogP) is 0.857. The lowest BCUT2D eigenvalue weighted by Gasteiger charge is -2.24. The zero-order valence-corrected chi connectivity index (χ0v) is 15.2. The molecule has 7 heteroatoms. The van der Waals surface area contributed by atoms with Crippen molar-refractivity contribution in [3.05, 3.63) is 29.8 Å². The summed E-state index contributed by atoms with van der Waals surface area (Å²) < 4.78 is 5.72. The van der Waals surface area contributed by atoms with Gasteiger partial charge in [0.15, 0.2) is 0 Å². The molecule has 2 aliphatic heterocycles. The molecule has 2 heterocycles. The number of ether oxygens (including phenoxy) is 1. The van der Waals surface area contributed by atoms with E-state index in [1.54, 1.807) is 24.3 Å². The summed E-state index contributed by atoms with van der Waals surface area (Å²) in [5, 5.41) is 11.7. The van der Waals surface area contributed by atoms with Crippen molar-refractivity contribution < 1.29 is 9.53 Å². The molecule has 0 bridgehead atoms. The Morgan fingerprint density at radius 2 is 1.96 bits per heavy atom. The zero-order chi connectivity index (χ0) is 18.5. The van der Waals surface area contributed by atoms with Crippen LogP contribution in [-0.2, 0) is 0 Å². The summed E-state index contributed by atoms with van der Waals surface area (Å²) >= 11 is 0. The Kier molecular flexibility index (Phi) is 5.96. The molecule has 140 valence electrons. The van der Waals surface area contributed by atoms with Gasteiger partial charge in [0.2, 0.25) is 0 Å². The first-order valence-electron chi connectivity index (χ1n) is 9.22. The van der Waals surface area contributed by atoms with E-state index in [0.29, 0.717) is 30.6 Å². The van der Waals surface area contributed by atoms with Crippen LogP contribution in [0.1, 0.15) is 12.5 Å². The summed E-state index contributed by atoms with van der Waals surface area (Å²) in [6, 6.07) is 9.14. The number of urea groups is 1. The molecule has 3 N–H and O–H groups in total. The number of likely N-dealkylation sites (tertiary alicyclic amines) is 2. The van der Waals surface area contributed by atoms with E-state index in [1.807, 2.05) is 11.8 Å². The number of fused-ring (bicyclic) bond motifs is 1. The number of benzene rings is 1. The highest BCUT2D eigenvalue weighted by molar-refractivity contribution is 5.74. The molecular weight excluding hydrogens is 330 g/mol. The highest BCUT2D eigenvalue weighted by Gasteiger charge is 2.41. The van der Waals surface area contributed by atoms with Crippen LogP contribution >= 0.6 is 0 Å². The van der Waals surface area contributed by atoms with E-state index < -0.39 is 0 Å². The van der Waals surface area contributed by atoms with Crippen LogP contribution in [0.5, 0.6) is 5.75 Å². The first kappa shape index (κ1) is 18.5. The van der Waals surface area contributed by atoms with Crippen molar-refractivity contribution in [1.29, 1.82) is 5.26 Å². The molecule has 2 fully saturated rings. The Morgan fingerprint density at radius 3 is 2.54 bits per heavy atom. The van der Waals surface area contributed by atoms with Crippen molar-refractivity contribution in [2.45, 2.75) is 13.0 Å². The van der Waals surface area contributed by atoms with Gasteiger partial charge in [-0.2, -0.15) is 5.26 Å². The van der Waals surface area contributed by atoms with Gasteiger partial charge in [0.25, 0.3) is 0 Å². The molecule has 0 radical (unpaired) electrons. The lowest BCUT2D eigenvalue weighted by molar-refractivity contribution is 0.195. The van der Waals surface area contributed by atoms with E-state index in [2.05, 4.69) is 16.3 Å². The van der Waals surface area contributed by atoms with Crippen molar-refractivity contribution in [3.63, 3.8) is 0 Å². The Bertz CT molecular complexity index is 643. The number of nitrogens with two attached hydrogens (primary N) is 1. The van der Waals surface area contributed by atoms with Crippen LogP contribution in [0.25, 0.3) is 0 Å². The van der Waals surface area contributed by atoms with Crippen LogP contribution in [-0.4, -0.2) is 67.7 Å². The maximum absolute atomic E-state index is 11.9. The first-order chi connectivity index (χ1) is 12.6. The van der Waals surface area contributed by atoms with Crippen LogP contribution in [0.2, 0.25) is 0 Å². The second kappa shape index (κ2) is 8.39. The van der Waals surface area contributed by atoms with E-state index in [0.717, 1.165) is 38.5 Å². The van der Waals surface area contributed by atoms with Gasteiger partial charge >= 0.3 is 6.03 Å². The summed E-state index contributed by atoms with van der Waals surface area (Å²) in [4.78, 5) is 16.3. The number of amides is 2. The van der Waals surface area contributed by atoms with Crippen LogP contribution in [0.15, 0.2) is 24.3 Å². The number of nitriles is 1. The molecule has 2 saturated heterocycles. The van der Waals surface area contributed by atoms with Crippen LogP contribution < -0.4 is 15.8 Å². The molecule has 2 aliphatic rings. The third-order valence-electron chi connectivity index (χ3n) is 5.12. The van der Waals surface area contributed by atoms with Crippen molar-refractivity contribution in [1.82, 2.24) is 15.1 Å². The average molecular weight is 357 g/mol. The first-order valence-corrected chi connectivity index (χ1v) is 9.22. The van der Waals surface area contributed by atoms with Gasteiger partial charge < -0.3 is 25.6 Å². The fourth-order valence-corrected chi connectivity index (χ4v) is 3.88. The third kappa shape index (κ3) is 4.45. The molecule has 26 heavy (non-hydrogen) atoms. The van der Waals surface area contributed by atoms with Gasteiger partial charge in [-0.1, -0.05) is 0 Å². The molecule has 0 saturated carbocycles. The highest BCUT2D eigenvalue weighted by Crippen LogP contribution is 2.31. The number of nitrogens with one attached hydrogen (secondary N) is 1. The minimum atomic E-state index is -0.0658. The molecule has 7 nitrogen and oxygen atoms in total. The van der Waals surface area contributed by atoms with Crippen LogP contribution in [0, 0.1) is 23.2 Å². The molecule has 0 aliphatic carbocycles. The summed E-state index contributed by atoms with van der Waals surface area (Å²) in [5.41, 5.74) is 6.85. The summed E-state index contributed by atoms with van der Waals surface area (Å²) in [5.74, 6) is 1.82. The molecule has 2 amide bonds. The van der Waals surface area contributed by atoms with Gasteiger partial charge in [-0.05, 0) is 43.0 Å². The molecule has 0 spiro atoms. The molecular formula is C19H27N5O2. The van der Waals surface area contributed by atoms with Gasteiger partial charge in [-0.3, -0.25) is 0 Å². The zero-order valence-electron chi connectivity index (χ0n) is 15.2. The SMILES string of the molecule is CCNC(=O)N1CC2CN(C[C@H](N)COc3ccc(C#N)cc3)CC2C1. The molecule has 0 aromatic heterocycles. The lowest BCUT2D eigenvalue weighted by Crippen LogP contribution is -2.43. The topological polar surface area (TPSA) is 94.6 Å². The van der Waals surface area contributed by atoms with Gasteiger partial charge in [-0.15, -0.1) is 0 Å². The third-order valence-corrected chi connectivity index (χ3v) is 5.12. The van der Waals surface area contributed by atoms with Gasteiger partial charge in [-0.25, -0.2) is 4.79 Å². The monoisotopic (exact) mass is 357 g/mol. The second-order valence-electron chi connectivity index (χ2n) is 7.19. The van der Waals surface area contributed by atoms with Crippen molar-refractivity contribution in [3.8, 4) is 11.8 Å². The Balaban J connectivity index is 1.39. The van der Waals surface area contributed by atoms with Crippen molar-refractivity contribution in [2.24, 2.45) is 17.6 Å². The van der Waals surface area contributed by atoms with Crippen molar-refractivity contribution >= 4 is 6.03 Å². The Labute approximate surface area is 154 Å². The van der Waals surface area contributed by atoms with E-state index >= 15 is 0 Å². The maximum atomic E-state index is 11.9. The van der Waals surface area contributed by atoms with Gasteiger partial charge in [0.1, 0.15) is 12.4 Å². The standard InChI is InChI=1S/C19H27N5O2/c1-2-22-19(25)24-10-15-8-23(9-16(15)11-24)12-17(21)13-26-18-5-3-14(7-20)4-6-18/h3-6,15-17H,2,8-13,21H2,1H3,(H,22,25)/t15?,16?,17-/m0/s1. The fraction of sp³-hybridized carbons (Fsp3) is 0.579. The number of carbonyl (C=O) groups is 1. The average Bonchev–Trinajstić information content (AvgIpc) is 3.19. The maximum Gasteiger partial charge on any atom is 0.317 e. The molecule has 3 rings (SSSR count). The molecule has 2 unspecified atom stereocenters. The minimum Gasteiger partial charge on any atom is -0.492 e. The number of hydrogen-bond donors (Lipinski definition) is 2. The minimum absolute atomic E-state index is 0.0565. The Hall–Kier alpha value is -2.30. The summed E-state index contributed by atoms with van der Waals surface area (Å²) in [6.45, 7) is 7.51. The number of carbonyl (C=O) groups excluding carboxylic acids is 1. The number of nitrogens with zero attached hydrogens (tertiary/aromatic N) is 3. The highest BCUT2D eigenvalue weighted by atomic mass is 16.5. The van der Waals surface area contributed by atoms with Crippen molar-refractivity contribution in [2.75, 3.05) is 45.9 Å². The largest absolute Gasteiger partial charge is 0.492 e. The van der Waals surface area contributed by atoms with E-state index in [-0.39, 0.29) is 12.1 Å². The summed E-state index contributed by atoms with van der Waals surface area (Å²) in [6.07, 6.45) is 0. The predicted molar refractivity (Wildman–Crippen MR) is 98.7 cm³/mol. The van der Waals surface area contributed by atoms with Gasteiger partial charge in [0, 0.05) is 39.3 Å². The van der Waals surface area contributed by atoms with Crippen LogP contribution in [0.4, 0.5) is 4.79 Å². The second-order valence-corrected chi connectivity index (χ2v) is 7.19. The van der Waals surface area contributed by atoms with E-state index in [1.165, 1.54) is 0 Å². The van der Waals surface area contributed by atoms with E-state index in [9.17, 15) is 4.79 Å². The van der Waals surface area contributed by atoms with Gasteiger partial charge in [0.05, 0.1) is 17.7 Å². The number of rotatable bonds is 6. The Morgan fingerprint density at radius 1 is 1.31 bits per heavy atom. The normalized spacial score (nSPS) is 23.3. The molecule has 3 atom stereocenters. The molecule has 1 aromatic carbocycles.